The van der Waals surface area contributed by atoms with Gasteiger partial charge in [0, 0.05) is 18.4 Å². The molecular formula is C11H12N4O2. The van der Waals surface area contributed by atoms with E-state index < -0.39 is 12.0 Å². The molecular weight excluding hydrogens is 220 g/mol. The average Bonchev–Trinajstić information content (AvgIpc) is 2.77. The van der Waals surface area contributed by atoms with Crippen LogP contribution in [0.5, 0.6) is 0 Å². The van der Waals surface area contributed by atoms with Gasteiger partial charge in [-0.3, -0.25) is 4.68 Å². The van der Waals surface area contributed by atoms with E-state index >= 15 is 0 Å². The van der Waals surface area contributed by atoms with E-state index in [9.17, 15) is 4.79 Å². The van der Waals surface area contributed by atoms with E-state index in [2.05, 4.69) is 15.1 Å². The number of nitrogens with zero attached hydrogens (tertiary/aromatic N) is 4. The predicted molar refractivity (Wildman–Crippen MR) is 60.6 cm³/mol. The standard InChI is InChI=1S/C11H12N4O2/c1-7(2)15-9(3-4-14-15)10-8(11(16)17)5-12-6-13-10/h3-7H,1-2H3,(H,16,17)/i7D. The fourth-order valence-corrected chi connectivity index (χ4v) is 1.53. The van der Waals surface area contributed by atoms with Gasteiger partial charge in [0.2, 0.25) is 0 Å². The molecule has 2 heterocycles. The molecule has 0 aliphatic carbocycles. The SMILES string of the molecule is [2H]C(C)(C)n1nccc1-c1ncncc1C(=O)O. The molecule has 0 radical (unpaired) electrons. The zero-order valence-corrected chi connectivity index (χ0v) is 9.45. The Labute approximate surface area is 99.4 Å². The van der Waals surface area contributed by atoms with E-state index in [1.54, 1.807) is 19.9 Å². The summed E-state index contributed by atoms with van der Waals surface area (Å²) in [6, 6.07) is 0.630. The van der Waals surface area contributed by atoms with Gasteiger partial charge in [0.1, 0.15) is 17.6 Å². The highest BCUT2D eigenvalue weighted by molar-refractivity contribution is 5.93. The van der Waals surface area contributed by atoms with Crippen LogP contribution in [-0.4, -0.2) is 30.8 Å². The van der Waals surface area contributed by atoms with Gasteiger partial charge in [0.05, 0.1) is 7.06 Å². The van der Waals surface area contributed by atoms with Crippen molar-refractivity contribution in [1.29, 1.82) is 0 Å². The lowest BCUT2D eigenvalue weighted by Crippen LogP contribution is -2.09. The quantitative estimate of drug-likeness (QED) is 0.871. The largest absolute Gasteiger partial charge is 0.478 e. The van der Waals surface area contributed by atoms with Crippen molar-refractivity contribution in [3.8, 4) is 11.4 Å². The minimum Gasteiger partial charge on any atom is -0.478 e. The number of aromatic nitrogens is 4. The smallest absolute Gasteiger partial charge is 0.339 e. The first-order valence-electron chi connectivity index (χ1n) is 5.49. The zero-order valence-electron chi connectivity index (χ0n) is 10.5. The van der Waals surface area contributed by atoms with Crippen LogP contribution in [0.4, 0.5) is 0 Å². The topological polar surface area (TPSA) is 80.9 Å². The van der Waals surface area contributed by atoms with Crippen molar-refractivity contribution in [3.63, 3.8) is 0 Å². The number of carbonyl (C=O) groups is 1. The van der Waals surface area contributed by atoms with E-state index in [-0.39, 0.29) is 11.3 Å². The lowest BCUT2D eigenvalue weighted by atomic mass is 10.1. The predicted octanol–water partition coefficient (Wildman–Crippen LogP) is 1.62. The van der Waals surface area contributed by atoms with Gasteiger partial charge >= 0.3 is 5.97 Å². The van der Waals surface area contributed by atoms with Gasteiger partial charge in [0.15, 0.2) is 0 Å². The molecule has 6 nitrogen and oxygen atoms in total. The lowest BCUT2D eigenvalue weighted by molar-refractivity contribution is 0.0697. The summed E-state index contributed by atoms with van der Waals surface area (Å²) in [5.74, 6) is -1.11. The Bertz CT molecular complexity index is 589. The van der Waals surface area contributed by atoms with E-state index in [1.165, 1.54) is 23.4 Å². The molecule has 6 heteroatoms. The third-order valence-corrected chi connectivity index (χ3v) is 2.25. The first-order valence-corrected chi connectivity index (χ1v) is 4.99. The number of aromatic carboxylic acids is 1. The van der Waals surface area contributed by atoms with E-state index in [1.807, 2.05) is 0 Å². The molecule has 0 saturated carbocycles. The molecule has 0 aromatic carbocycles. The second kappa shape index (κ2) is 4.32. The summed E-state index contributed by atoms with van der Waals surface area (Å²) in [6.45, 7) is 3.32. The second-order valence-corrected chi connectivity index (χ2v) is 3.67. The highest BCUT2D eigenvalue weighted by Gasteiger charge is 2.17. The summed E-state index contributed by atoms with van der Waals surface area (Å²) < 4.78 is 9.39. The third kappa shape index (κ3) is 2.01. The normalized spacial score (nSPS) is 12.2. The lowest BCUT2D eigenvalue weighted by Gasteiger charge is -2.11. The molecule has 0 aliphatic rings. The summed E-state index contributed by atoms with van der Waals surface area (Å²) in [5.41, 5.74) is 0.730. The van der Waals surface area contributed by atoms with Gasteiger partial charge in [-0.05, 0) is 19.9 Å². The van der Waals surface area contributed by atoms with Crippen molar-refractivity contribution >= 4 is 5.97 Å². The maximum atomic E-state index is 11.1. The molecule has 1 N–H and O–H groups in total. The first-order chi connectivity index (χ1) is 8.41. The Morgan fingerprint density at radius 1 is 1.59 bits per heavy atom. The molecule has 2 aromatic rings. The van der Waals surface area contributed by atoms with Crippen LogP contribution in [-0.2, 0) is 0 Å². The van der Waals surface area contributed by atoms with Crippen LogP contribution < -0.4 is 0 Å². The van der Waals surface area contributed by atoms with Gasteiger partial charge < -0.3 is 5.11 Å². The maximum absolute atomic E-state index is 11.1. The Morgan fingerprint density at radius 2 is 2.35 bits per heavy atom. The van der Waals surface area contributed by atoms with E-state index in [0.29, 0.717) is 5.69 Å². The molecule has 0 unspecified atom stereocenters. The van der Waals surface area contributed by atoms with Crippen molar-refractivity contribution in [2.45, 2.75) is 19.9 Å². The number of hydrogen-bond acceptors (Lipinski definition) is 4. The number of carboxylic acid groups (broad SMARTS) is 1. The van der Waals surface area contributed by atoms with Crippen LogP contribution in [0.25, 0.3) is 11.4 Å². The van der Waals surface area contributed by atoms with Gasteiger partial charge in [0.25, 0.3) is 0 Å². The highest BCUT2D eigenvalue weighted by Crippen LogP contribution is 2.22. The molecule has 0 bridgehead atoms. The minimum atomic E-state index is -1.11. The highest BCUT2D eigenvalue weighted by atomic mass is 16.4. The molecule has 2 aromatic heterocycles. The van der Waals surface area contributed by atoms with Crippen molar-refractivity contribution in [1.82, 2.24) is 19.7 Å². The fourth-order valence-electron chi connectivity index (χ4n) is 1.53. The molecule has 0 aliphatic heterocycles. The van der Waals surface area contributed by atoms with Gasteiger partial charge in [-0.1, -0.05) is 0 Å². The van der Waals surface area contributed by atoms with E-state index in [0.717, 1.165) is 0 Å². The average molecular weight is 233 g/mol. The van der Waals surface area contributed by atoms with Crippen molar-refractivity contribution in [2.75, 3.05) is 0 Å². The zero-order chi connectivity index (χ0) is 13.3. The van der Waals surface area contributed by atoms with Gasteiger partial charge in [-0.15, -0.1) is 0 Å². The number of hydrogen-bond donors (Lipinski definition) is 1. The summed E-state index contributed by atoms with van der Waals surface area (Å²) in [6.07, 6.45) is 4.02. The van der Waals surface area contributed by atoms with Crippen LogP contribution in [0.3, 0.4) is 0 Å². The van der Waals surface area contributed by atoms with Crippen LogP contribution in [0.2, 0.25) is 0 Å². The molecule has 0 saturated heterocycles. The number of rotatable bonds is 3. The van der Waals surface area contributed by atoms with Crippen LogP contribution in [0.15, 0.2) is 24.8 Å². The second-order valence-electron chi connectivity index (χ2n) is 3.67. The third-order valence-electron chi connectivity index (χ3n) is 2.25. The number of carboxylic acids is 1. The van der Waals surface area contributed by atoms with Crippen LogP contribution in [0.1, 0.15) is 31.6 Å². The van der Waals surface area contributed by atoms with Crippen LogP contribution >= 0.6 is 0 Å². The Hall–Kier alpha value is -2.24. The molecule has 0 atom stereocenters. The molecule has 2 rings (SSSR count). The van der Waals surface area contributed by atoms with Gasteiger partial charge in [-0.25, -0.2) is 14.8 Å². The molecule has 0 spiro atoms. The van der Waals surface area contributed by atoms with Crippen LogP contribution in [0, 0.1) is 0 Å². The molecule has 17 heavy (non-hydrogen) atoms. The summed E-state index contributed by atoms with van der Waals surface area (Å²) in [5, 5.41) is 13.1. The van der Waals surface area contributed by atoms with E-state index in [4.69, 9.17) is 6.48 Å². The van der Waals surface area contributed by atoms with Crippen molar-refractivity contribution in [2.24, 2.45) is 0 Å². The summed E-state index contributed by atoms with van der Waals surface area (Å²) >= 11 is 0. The van der Waals surface area contributed by atoms with Gasteiger partial charge in [-0.2, -0.15) is 5.10 Å². The maximum Gasteiger partial charge on any atom is 0.339 e. The fraction of sp³-hybridized carbons (Fsp3) is 0.273. The minimum absolute atomic E-state index is 0.0106. The Balaban J connectivity index is 2.64. The first kappa shape index (κ1) is 9.95. The Morgan fingerprint density at radius 3 is 3.00 bits per heavy atom. The molecule has 0 fully saturated rings. The van der Waals surface area contributed by atoms with Crippen molar-refractivity contribution in [3.05, 3.63) is 30.4 Å². The van der Waals surface area contributed by atoms with Crippen molar-refractivity contribution < 1.29 is 11.3 Å². The summed E-state index contributed by atoms with van der Waals surface area (Å²) in [7, 11) is 0. The monoisotopic (exact) mass is 233 g/mol. The Kier molecular flexibility index (Phi) is 2.53. The molecule has 88 valence electrons. The molecule has 0 amide bonds. The summed E-state index contributed by atoms with van der Waals surface area (Å²) in [4.78, 5) is 18.8.